The normalized spacial score (nSPS) is 13.2. The molecular weight excluding hydrogens is 324 g/mol. The van der Waals surface area contributed by atoms with Gasteiger partial charge in [0.05, 0.1) is 17.3 Å². The van der Waals surface area contributed by atoms with Gasteiger partial charge < -0.3 is 0 Å². The standard InChI is InChI=1S/C22H16N2O2/c1-12-9-13(2)20(14(3)10-12)24-21(25)17-6-4-5-16-15(11-23)7-8-18(19(16)17)22(24)26/h4-10H,1-3H3. The predicted molar refractivity (Wildman–Crippen MR) is 100 cm³/mol. The zero-order chi connectivity index (χ0) is 18.6. The van der Waals surface area contributed by atoms with E-state index in [1.165, 1.54) is 4.90 Å². The van der Waals surface area contributed by atoms with Gasteiger partial charge >= 0.3 is 0 Å². The number of carbonyl (C=O) groups is 2. The Hall–Kier alpha value is -3.45. The van der Waals surface area contributed by atoms with Crippen LogP contribution in [-0.2, 0) is 0 Å². The quantitative estimate of drug-likeness (QED) is 0.615. The SMILES string of the molecule is Cc1cc(C)c(N2C(=O)c3cccc4c(C#N)ccc(c34)C2=O)c(C)c1. The minimum absolute atomic E-state index is 0.349. The predicted octanol–water partition coefficient (Wildman–Crippen LogP) is 4.44. The molecule has 26 heavy (non-hydrogen) atoms. The first-order valence-electron chi connectivity index (χ1n) is 8.36. The maximum atomic E-state index is 13.2. The topological polar surface area (TPSA) is 61.2 Å². The van der Waals surface area contributed by atoms with Crippen molar-refractivity contribution >= 4 is 28.3 Å². The molecule has 0 bridgehead atoms. The van der Waals surface area contributed by atoms with Crippen LogP contribution in [0.4, 0.5) is 5.69 Å². The summed E-state index contributed by atoms with van der Waals surface area (Å²) < 4.78 is 0. The lowest BCUT2D eigenvalue weighted by atomic mass is 9.90. The van der Waals surface area contributed by atoms with Gasteiger partial charge in [0.15, 0.2) is 0 Å². The first-order valence-corrected chi connectivity index (χ1v) is 8.36. The molecule has 0 N–H and O–H groups in total. The minimum Gasteiger partial charge on any atom is -0.268 e. The van der Waals surface area contributed by atoms with Crippen molar-refractivity contribution in [3.8, 4) is 6.07 Å². The van der Waals surface area contributed by atoms with Crippen molar-refractivity contribution in [2.75, 3.05) is 4.90 Å². The Labute approximate surface area is 151 Å². The number of anilines is 1. The van der Waals surface area contributed by atoms with Gasteiger partial charge in [0.2, 0.25) is 0 Å². The minimum atomic E-state index is -0.349. The number of nitriles is 1. The summed E-state index contributed by atoms with van der Waals surface area (Å²) in [5.41, 5.74) is 4.85. The molecule has 4 nitrogen and oxygen atoms in total. The number of hydrogen-bond acceptors (Lipinski definition) is 3. The molecule has 0 unspecified atom stereocenters. The Morgan fingerprint density at radius 2 is 1.50 bits per heavy atom. The molecule has 1 aliphatic heterocycles. The third-order valence-corrected chi connectivity index (χ3v) is 4.89. The number of carbonyl (C=O) groups excluding carboxylic acids is 2. The third-order valence-electron chi connectivity index (χ3n) is 4.89. The summed E-state index contributed by atoms with van der Waals surface area (Å²) >= 11 is 0. The fraction of sp³-hybridized carbons (Fsp3) is 0.136. The molecule has 0 atom stereocenters. The van der Waals surface area contributed by atoms with Gasteiger partial charge in [0, 0.05) is 21.9 Å². The van der Waals surface area contributed by atoms with E-state index in [4.69, 9.17) is 0 Å². The van der Waals surface area contributed by atoms with Gasteiger partial charge in [0.1, 0.15) is 0 Å². The van der Waals surface area contributed by atoms with Gasteiger partial charge in [-0.3, -0.25) is 9.59 Å². The maximum Gasteiger partial charge on any atom is 0.266 e. The smallest absolute Gasteiger partial charge is 0.266 e. The van der Waals surface area contributed by atoms with Crippen LogP contribution in [0.1, 0.15) is 43.0 Å². The number of amides is 2. The van der Waals surface area contributed by atoms with E-state index in [2.05, 4.69) is 6.07 Å². The van der Waals surface area contributed by atoms with E-state index in [9.17, 15) is 14.9 Å². The van der Waals surface area contributed by atoms with Gasteiger partial charge in [-0.25, -0.2) is 4.90 Å². The van der Waals surface area contributed by atoms with Gasteiger partial charge in [-0.2, -0.15) is 5.26 Å². The van der Waals surface area contributed by atoms with Crippen molar-refractivity contribution in [2.24, 2.45) is 0 Å². The lowest BCUT2D eigenvalue weighted by Crippen LogP contribution is -2.41. The van der Waals surface area contributed by atoms with E-state index in [1.807, 2.05) is 32.9 Å². The monoisotopic (exact) mass is 340 g/mol. The van der Waals surface area contributed by atoms with Crippen LogP contribution in [0.3, 0.4) is 0 Å². The Morgan fingerprint density at radius 3 is 2.12 bits per heavy atom. The van der Waals surface area contributed by atoms with Crippen molar-refractivity contribution in [1.29, 1.82) is 5.26 Å². The van der Waals surface area contributed by atoms with Crippen LogP contribution in [0.5, 0.6) is 0 Å². The molecule has 0 spiro atoms. The zero-order valence-corrected chi connectivity index (χ0v) is 14.8. The largest absolute Gasteiger partial charge is 0.268 e. The number of nitrogens with zero attached hydrogens (tertiary/aromatic N) is 2. The van der Waals surface area contributed by atoms with Crippen molar-refractivity contribution in [2.45, 2.75) is 20.8 Å². The summed E-state index contributed by atoms with van der Waals surface area (Å²) in [5.74, 6) is -0.698. The van der Waals surface area contributed by atoms with Crippen molar-refractivity contribution in [3.05, 3.63) is 75.8 Å². The van der Waals surface area contributed by atoms with E-state index in [1.54, 1.807) is 30.3 Å². The molecule has 4 heteroatoms. The van der Waals surface area contributed by atoms with Crippen molar-refractivity contribution < 1.29 is 9.59 Å². The summed E-state index contributed by atoms with van der Waals surface area (Å²) in [7, 11) is 0. The molecule has 0 saturated heterocycles. The number of benzene rings is 3. The van der Waals surface area contributed by atoms with Crippen LogP contribution in [0.2, 0.25) is 0 Å². The van der Waals surface area contributed by atoms with E-state index in [0.717, 1.165) is 16.7 Å². The van der Waals surface area contributed by atoms with Crippen LogP contribution in [0, 0.1) is 32.1 Å². The van der Waals surface area contributed by atoms with E-state index in [0.29, 0.717) is 33.2 Å². The van der Waals surface area contributed by atoms with Crippen LogP contribution in [0.15, 0.2) is 42.5 Å². The third kappa shape index (κ3) is 2.07. The second kappa shape index (κ2) is 5.53. The molecule has 0 aliphatic carbocycles. The molecule has 4 rings (SSSR count). The summed E-state index contributed by atoms with van der Waals surface area (Å²) in [6.45, 7) is 5.80. The van der Waals surface area contributed by atoms with Crippen LogP contribution in [0.25, 0.3) is 10.8 Å². The number of aryl methyl sites for hydroxylation is 3. The van der Waals surface area contributed by atoms with Gasteiger partial charge in [0.25, 0.3) is 11.8 Å². The molecule has 0 saturated carbocycles. The second-order valence-corrected chi connectivity index (χ2v) is 6.69. The van der Waals surface area contributed by atoms with Crippen LogP contribution in [-0.4, -0.2) is 11.8 Å². The van der Waals surface area contributed by atoms with E-state index in [-0.39, 0.29) is 11.8 Å². The molecule has 0 radical (unpaired) electrons. The highest BCUT2D eigenvalue weighted by Gasteiger charge is 2.35. The lowest BCUT2D eigenvalue weighted by Gasteiger charge is -2.30. The molecule has 3 aromatic rings. The maximum absolute atomic E-state index is 13.2. The van der Waals surface area contributed by atoms with E-state index < -0.39 is 0 Å². The van der Waals surface area contributed by atoms with Gasteiger partial charge in [-0.1, -0.05) is 29.8 Å². The molecule has 0 fully saturated rings. The number of imide groups is 1. The average molecular weight is 340 g/mol. The Morgan fingerprint density at radius 1 is 0.885 bits per heavy atom. The molecule has 126 valence electrons. The highest BCUT2D eigenvalue weighted by atomic mass is 16.2. The Balaban J connectivity index is 2.03. The van der Waals surface area contributed by atoms with Crippen molar-refractivity contribution in [3.63, 3.8) is 0 Å². The Bertz CT molecular complexity index is 1120. The average Bonchev–Trinajstić information content (AvgIpc) is 2.61. The molecule has 0 aromatic heterocycles. The Kier molecular flexibility index (Phi) is 3.41. The molecular formula is C22H16N2O2. The molecule has 2 amide bonds. The molecule has 1 aliphatic rings. The second-order valence-electron chi connectivity index (χ2n) is 6.69. The molecule has 3 aromatic carbocycles. The fourth-order valence-electron chi connectivity index (χ4n) is 3.92. The van der Waals surface area contributed by atoms with Gasteiger partial charge in [-0.05, 0) is 50.1 Å². The summed E-state index contributed by atoms with van der Waals surface area (Å²) in [5, 5.41) is 10.5. The lowest BCUT2D eigenvalue weighted by molar-refractivity contribution is 0.0893. The zero-order valence-electron chi connectivity index (χ0n) is 14.8. The van der Waals surface area contributed by atoms with Crippen molar-refractivity contribution in [1.82, 2.24) is 0 Å². The summed E-state index contributed by atoms with van der Waals surface area (Å²) in [4.78, 5) is 27.7. The number of rotatable bonds is 1. The summed E-state index contributed by atoms with van der Waals surface area (Å²) in [6.07, 6.45) is 0. The van der Waals surface area contributed by atoms with Crippen LogP contribution < -0.4 is 4.90 Å². The highest BCUT2D eigenvalue weighted by Crippen LogP contribution is 2.36. The van der Waals surface area contributed by atoms with E-state index >= 15 is 0 Å². The first-order chi connectivity index (χ1) is 12.4. The van der Waals surface area contributed by atoms with Gasteiger partial charge in [-0.15, -0.1) is 0 Å². The van der Waals surface area contributed by atoms with Crippen LogP contribution >= 0.6 is 0 Å². The summed E-state index contributed by atoms with van der Waals surface area (Å²) in [6, 6.07) is 14.6. The fourth-order valence-corrected chi connectivity index (χ4v) is 3.92. The number of hydrogen-bond donors (Lipinski definition) is 0. The highest BCUT2D eigenvalue weighted by molar-refractivity contribution is 6.36. The molecule has 1 heterocycles. The first kappa shape index (κ1) is 16.0.